The molecule has 1 aliphatic rings. The van der Waals surface area contributed by atoms with Gasteiger partial charge < -0.3 is 10.2 Å². The van der Waals surface area contributed by atoms with Crippen molar-refractivity contribution >= 4 is 28.3 Å². The third-order valence-corrected chi connectivity index (χ3v) is 4.83. The largest absolute Gasteiger partial charge is 0.337 e. The summed E-state index contributed by atoms with van der Waals surface area (Å²) in [5, 5.41) is 2.83. The van der Waals surface area contributed by atoms with Crippen LogP contribution >= 0.6 is 0 Å². The minimum Gasteiger partial charge on any atom is -0.337 e. The molecule has 1 N–H and O–H groups in total. The summed E-state index contributed by atoms with van der Waals surface area (Å²) in [7, 11) is -0.824. The highest BCUT2D eigenvalue weighted by Crippen LogP contribution is 2.22. The number of amides is 2. The molecule has 120 valence electrons. The Hall–Kier alpha value is -1.69. The van der Waals surface area contributed by atoms with Crippen LogP contribution in [0.1, 0.15) is 31.1 Å². The lowest BCUT2D eigenvalue weighted by atomic mass is 9.95. The Balaban J connectivity index is 2.19. The Morgan fingerprint density at radius 2 is 1.73 bits per heavy atom. The number of para-hydroxylation sites is 1. The first kappa shape index (κ1) is 16.7. The monoisotopic (exact) mass is 322 g/mol. The lowest BCUT2D eigenvalue weighted by molar-refractivity contribution is -0.123. The molecule has 1 heterocycles. The van der Waals surface area contributed by atoms with E-state index in [1.165, 1.54) is 0 Å². The highest BCUT2D eigenvalue weighted by molar-refractivity contribution is 7.85. The zero-order valence-electron chi connectivity index (χ0n) is 13.2. The number of benzene rings is 1. The fraction of sp³-hybridized carbons (Fsp3) is 0.500. The number of hydrogen-bond acceptors (Lipinski definition) is 3. The molecule has 0 atom stereocenters. The predicted molar refractivity (Wildman–Crippen MR) is 88.3 cm³/mol. The highest BCUT2D eigenvalue weighted by Gasteiger charge is 2.26. The SMILES string of the molecule is CC(C)(C)C(=O)Nc1ccccc1C(=O)N1CCS(=O)CC1. The van der Waals surface area contributed by atoms with Crippen LogP contribution < -0.4 is 5.32 Å². The van der Waals surface area contributed by atoms with Gasteiger partial charge in [-0.25, -0.2) is 0 Å². The Labute approximate surface area is 133 Å². The molecular weight excluding hydrogens is 300 g/mol. The van der Waals surface area contributed by atoms with Crippen molar-refractivity contribution < 1.29 is 13.8 Å². The summed E-state index contributed by atoms with van der Waals surface area (Å²) in [5.74, 6) is 0.777. The van der Waals surface area contributed by atoms with Gasteiger partial charge in [-0.1, -0.05) is 32.9 Å². The Kier molecular flexibility index (Phi) is 5.01. The van der Waals surface area contributed by atoms with Crippen LogP contribution in [0.15, 0.2) is 24.3 Å². The Bertz CT molecular complexity index is 598. The van der Waals surface area contributed by atoms with Crippen LogP contribution in [-0.2, 0) is 15.6 Å². The maximum atomic E-state index is 12.6. The minimum absolute atomic E-state index is 0.124. The minimum atomic E-state index is -0.824. The molecule has 2 amide bonds. The average molecular weight is 322 g/mol. The van der Waals surface area contributed by atoms with Gasteiger partial charge >= 0.3 is 0 Å². The van der Waals surface area contributed by atoms with E-state index in [1.54, 1.807) is 29.2 Å². The van der Waals surface area contributed by atoms with Gasteiger partial charge in [-0.15, -0.1) is 0 Å². The van der Waals surface area contributed by atoms with Gasteiger partial charge in [0.1, 0.15) is 0 Å². The molecule has 0 saturated carbocycles. The van der Waals surface area contributed by atoms with Crippen molar-refractivity contribution in [2.75, 3.05) is 29.9 Å². The highest BCUT2D eigenvalue weighted by atomic mass is 32.2. The molecule has 0 aliphatic carbocycles. The quantitative estimate of drug-likeness (QED) is 0.904. The summed E-state index contributed by atoms with van der Waals surface area (Å²) in [6.07, 6.45) is 0. The van der Waals surface area contributed by atoms with E-state index in [0.717, 1.165) is 0 Å². The molecule has 0 spiro atoms. The third kappa shape index (κ3) is 3.94. The second-order valence-electron chi connectivity index (χ2n) is 6.39. The number of nitrogens with one attached hydrogen (secondary N) is 1. The van der Waals surface area contributed by atoms with Crippen LogP contribution in [-0.4, -0.2) is 45.5 Å². The van der Waals surface area contributed by atoms with Gasteiger partial charge in [-0.2, -0.15) is 0 Å². The van der Waals surface area contributed by atoms with Gasteiger partial charge in [0.15, 0.2) is 0 Å². The lowest BCUT2D eigenvalue weighted by Gasteiger charge is -2.27. The predicted octanol–water partition coefficient (Wildman–Crippen LogP) is 1.88. The molecule has 1 aliphatic heterocycles. The van der Waals surface area contributed by atoms with E-state index in [-0.39, 0.29) is 11.8 Å². The summed E-state index contributed by atoms with van der Waals surface area (Å²) in [4.78, 5) is 26.5. The van der Waals surface area contributed by atoms with Gasteiger partial charge in [0, 0.05) is 40.8 Å². The molecule has 0 aromatic heterocycles. The van der Waals surface area contributed by atoms with Gasteiger partial charge in [-0.05, 0) is 12.1 Å². The zero-order valence-corrected chi connectivity index (χ0v) is 14.0. The van der Waals surface area contributed by atoms with Crippen LogP contribution in [0.2, 0.25) is 0 Å². The van der Waals surface area contributed by atoms with Crippen LogP contribution in [0.3, 0.4) is 0 Å². The Morgan fingerprint density at radius 3 is 2.32 bits per heavy atom. The van der Waals surface area contributed by atoms with E-state index in [4.69, 9.17) is 0 Å². The van der Waals surface area contributed by atoms with E-state index in [9.17, 15) is 13.8 Å². The van der Waals surface area contributed by atoms with Crippen molar-refractivity contribution in [2.24, 2.45) is 5.41 Å². The number of hydrogen-bond donors (Lipinski definition) is 1. The van der Waals surface area contributed by atoms with Crippen molar-refractivity contribution in [2.45, 2.75) is 20.8 Å². The smallest absolute Gasteiger partial charge is 0.256 e. The normalized spacial score (nSPS) is 16.4. The fourth-order valence-corrected chi connectivity index (χ4v) is 3.15. The molecule has 1 fully saturated rings. The van der Waals surface area contributed by atoms with Crippen molar-refractivity contribution in [1.82, 2.24) is 4.90 Å². The molecule has 1 aromatic rings. The summed E-state index contributed by atoms with van der Waals surface area (Å²) < 4.78 is 11.4. The summed E-state index contributed by atoms with van der Waals surface area (Å²) in [6, 6.07) is 7.02. The van der Waals surface area contributed by atoms with Crippen LogP contribution in [0.4, 0.5) is 5.69 Å². The van der Waals surface area contributed by atoms with Crippen molar-refractivity contribution in [3.63, 3.8) is 0 Å². The molecule has 2 rings (SSSR count). The fourth-order valence-electron chi connectivity index (χ4n) is 2.10. The van der Waals surface area contributed by atoms with Gasteiger partial charge in [0.05, 0.1) is 11.3 Å². The number of carbonyl (C=O) groups is 2. The van der Waals surface area contributed by atoms with Gasteiger partial charge in [0.2, 0.25) is 5.91 Å². The van der Waals surface area contributed by atoms with E-state index >= 15 is 0 Å². The summed E-state index contributed by atoms with van der Waals surface area (Å²) in [5.41, 5.74) is 0.477. The first-order valence-corrected chi connectivity index (χ1v) is 8.82. The Morgan fingerprint density at radius 1 is 1.14 bits per heavy atom. The van der Waals surface area contributed by atoms with E-state index in [2.05, 4.69) is 5.32 Å². The van der Waals surface area contributed by atoms with E-state index in [0.29, 0.717) is 35.8 Å². The number of anilines is 1. The van der Waals surface area contributed by atoms with Crippen LogP contribution in [0.25, 0.3) is 0 Å². The maximum absolute atomic E-state index is 12.6. The molecule has 1 aromatic carbocycles. The van der Waals surface area contributed by atoms with Gasteiger partial charge in [0.25, 0.3) is 5.91 Å². The zero-order chi connectivity index (χ0) is 16.3. The average Bonchev–Trinajstić information content (AvgIpc) is 2.47. The summed E-state index contributed by atoms with van der Waals surface area (Å²) >= 11 is 0. The molecule has 22 heavy (non-hydrogen) atoms. The topological polar surface area (TPSA) is 66.5 Å². The molecule has 0 bridgehead atoms. The van der Waals surface area contributed by atoms with Crippen molar-refractivity contribution in [3.8, 4) is 0 Å². The second-order valence-corrected chi connectivity index (χ2v) is 8.09. The van der Waals surface area contributed by atoms with E-state index in [1.807, 2.05) is 20.8 Å². The molecule has 0 unspecified atom stereocenters. The second kappa shape index (κ2) is 6.60. The van der Waals surface area contributed by atoms with Gasteiger partial charge in [-0.3, -0.25) is 13.8 Å². The number of carbonyl (C=O) groups excluding carboxylic acids is 2. The van der Waals surface area contributed by atoms with Crippen LogP contribution in [0.5, 0.6) is 0 Å². The van der Waals surface area contributed by atoms with Crippen LogP contribution in [0, 0.1) is 5.41 Å². The van der Waals surface area contributed by atoms with Crippen molar-refractivity contribution in [3.05, 3.63) is 29.8 Å². The molecular formula is C16H22N2O3S. The maximum Gasteiger partial charge on any atom is 0.256 e. The molecule has 0 radical (unpaired) electrons. The molecule has 6 heteroatoms. The first-order valence-electron chi connectivity index (χ1n) is 7.34. The number of rotatable bonds is 2. The standard InChI is InChI=1S/C16H22N2O3S/c1-16(2,3)15(20)17-13-7-5-4-6-12(13)14(19)18-8-10-22(21)11-9-18/h4-7H,8-11H2,1-3H3,(H,17,20). The first-order chi connectivity index (χ1) is 10.3. The lowest BCUT2D eigenvalue weighted by Crippen LogP contribution is -2.42. The summed E-state index contributed by atoms with van der Waals surface area (Å²) in [6.45, 7) is 6.46. The van der Waals surface area contributed by atoms with E-state index < -0.39 is 16.2 Å². The third-order valence-electron chi connectivity index (χ3n) is 3.55. The van der Waals surface area contributed by atoms with Crippen molar-refractivity contribution in [1.29, 1.82) is 0 Å². The number of nitrogens with zero attached hydrogens (tertiary/aromatic N) is 1. The molecule has 5 nitrogen and oxygen atoms in total. The molecule has 1 saturated heterocycles.